The van der Waals surface area contributed by atoms with Crippen molar-refractivity contribution in [2.45, 2.75) is 44.9 Å². The molecule has 2 fully saturated rings. The molecule has 0 unspecified atom stereocenters. The van der Waals surface area contributed by atoms with Crippen LogP contribution in [0.25, 0.3) is 0 Å². The van der Waals surface area contributed by atoms with Gasteiger partial charge in [0.15, 0.2) is 0 Å². The number of carbonyl (C=O) groups excluding carboxylic acids is 3. The summed E-state index contributed by atoms with van der Waals surface area (Å²) in [7, 11) is 0. The van der Waals surface area contributed by atoms with Gasteiger partial charge in [-0.15, -0.1) is 0 Å². The third-order valence-corrected chi connectivity index (χ3v) is 5.21. The van der Waals surface area contributed by atoms with Crippen LogP contribution in [0.3, 0.4) is 0 Å². The molecule has 3 aliphatic rings. The Morgan fingerprint density at radius 2 is 1.55 bits per heavy atom. The zero-order chi connectivity index (χ0) is 15.5. The number of hydrogen-bond acceptors (Lipinski definition) is 3. The van der Waals surface area contributed by atoms with Crippen LogP contribution in [-0.4, -0.2) is 47.2 Å². The Morgan fingerprint density at radius 1 is 0.955 bits per heavy atom. The van der Waals surface area contributed by atoms with Crippen LogP contribution in [0.2, 0.25) is 0 Å². The van der Waals surface area contributed by atoms with Gasteiger partial charge in [0.1, 0.15) is 0 Å². The summed E-state index contributed by atoms with van der Waals surface area (Å²) in [5.41, 5.74) is 0. The second-order valence-electron chi connectivity index (χ2n) is 6.72. The van der Waals surface area contributed by atoms with Gasteiger partial charge >= 0.3 is 0 Å². The fourth-order valence-corrected chi connectivity index (χ4v) is 3.83. The molecule has 22 heavy (non-hydrogen) atoms. The molecule has 0 atom stereocenters. The van der Waals surface area contributed by atoms with Gasteiger partial charge < -0.3 is 4.90 Å². The molecular formula is C17H24N2O3. The molecule has 1 saturated carbocycles. The number of nitrogens with zero attached hydrogens (tertiary/aromatic N) is 2. The maximum absolute atomic E-state index is 12.5. The molecule has 1 aliphatic carbocycles. The van der Waals surface area contributed by atoms with Gasteiger partial charge in [0.2, 0.25) is 5.91 Å². The molecular weight excluding hydrogens is 280 g/mol. The molecule has 1 saturated heterocycles. The van der Waals surface area contributed by atoms with Crippen LogP contribution < -0.4 is 0 Å². The number of rotatable bonds is 3. The molecule has 2 aliphatic heterocycles. The Hall–Kier alpha value is -1.65. The van der Waals surface area contributed by atoms with Crippen molar-refractivity contribution in [3.63, 3.8) is 0 Å². The lowest BCUT2D eigenvalue weighted by Gasteiger charge is -2.34. The smallest absolute Gasteiger partial charge is 0.253 e. The zero-order valence-electron chi connectivity index (χ0n) is 13.0. The number of likely N-dealkylation sites (tertiary alicyclic amines) is 1. The number of carbonyl (C=O) groups is 3. The molecule has 3 amide bonds. The first-order valence-corrected chi connectivity index (χ1v) is 8.47. The lowest BCUT2D eigenvalue weighted by molar-refractivity contribution is -0.140. The predicted octanol–water partition coefficient (Wildman–Crippen LogP) is 1.73. The highest BCUT2D eigenvalue weighted by Gasteiger charge is 2.32. The van der Waals surface area contributed by atoms with Gasteiger partial charge in [0.25, 0.3) is 11.8 Å². The van der Waals surface area contributed by atoms with Gasteiger partial charge in [-0.2, -0.15) is 0 Å². The summed E-state index contributed by atoms with van der Waals surface area (Å²) in [6.45, 7) is 2.34. The van der Waals surface area contributed by atoms with Crippen LogP contribution in [0.5, 0.6) is 0 Å². The van der Waals surface area contributed by atoms with Crippen molar-refractivity contribution in [2.75, 3.05) is 19.6 Å². The predicted molar refractivity (Wildman–Crippen MR) is 81.7 cm³/mol. The average Bonchev–Trinajstić information content (AvgIpc) is 2.88. The van der Waals surface area contributed by atoms with Gasteiger partial charge in [-0.05, 0) is 50.9 Å². The Bertz CT molecular complexity index is 468. The molecule has 2 heterocycles. The number of amides is 3. The molecule has 0 bridgehead atoms. The van der Waals surface area contributed by atoms with E-state index in [0.717, 1.165) is 51.6 Å². The van der Waals surface area contributed by atoms with Crippen molar-refractivity contribution >= 4 is 17.7 Å². The second-order valence-corrected chi connectivity index (χ2v) is 6.72. The Balaban J connectivity index is 1.47. The number of imide groups is 1. The van der Waals surface area contributed by atoms with Crippen LogP contribution >= 0.6 is 0 Å². The zero-order valence-corrected chi connectivity index (χ0v) is 13.0. The molecule has 0 N–H and O–H groups in total. The van der Waals surface area contributed by atoms with E-state index in [-0.39, 0.29) is 17.7 Å². The van der Waals surface area contributed by atoms with Crippen LogP contribution in [0, 0.1) is 11.8 Å². The highest BCUT2D eigenvalue weighted by Crippen LogP contribution is 2.31. The van der Waals surface area contributed by atoms with E-state index in [4.69, 9.17) is 0 Å². The number of hydrogen-bond donors (Lipinski definition) is 0. The van der Waals surface area contributed by atoms with Gasteiger partial charge in [-0.25, -0.2) is 0 Å². The van der Waals surface area contributed by atoms with Crippen molar-refractivity contribution in [1.82, 2.24) is 9.80 Å². The molecule has 0 aromatic heterocycles. The first-order valence-electron chi connectivity index (χ1n) is 8.47. The highest BCUT2D eigenvalue weighted by atomic mass is 16.2. The summed E-state index contributed by atoms with van der Waals surface area (Å²) in [4.78, 5) is 39.1. The van der Waals surface area contributed by atoms with E-state index in [2.05, 4.69) is 0 Å². The molecule has 0 aromatic carbocycles. The normalized spacial score (nSPS) is 29.3. The van der Waals surface area contributed by atoms with Gasteiger partial charge in [0, 0.05) is 37.7 Å². The van der Waals surface area contributed by atoms with Gasteiger partial charge in [-0.3, -0.25) is 19.3 Å². The first kappa shape index (κ1) is 15.3. The maximum atomic E-state index is 12.5. The summed E-state index contributed by atoms with van der Waals surface area (Å²) in [6, 6.07) is 0. The van der Waals surface area contributed by atoms with E-state index < -0.39 is 0 Å². The van der Waals surface area contributed by atoms with Gasteiger partial charge in [0.05, 0.1) is 0 Å². The topological polar surface area (TPSA) is 57.7 Å². The molecule has 0 aromatic rings. The minimum absolute atomic E-state index is 0.150. The summed E-state index contributed by atoms with van der Waals surface area (Å²) in [6.07, 6.45) is 9.83. The summed E-state index contributed by atoms with van der Waals surface area (Å²) in [5.74, 6) is 0.428. The van der Waals surface area contributed by atoms with Gasteiger partial charge in [-0.1, -0.05) is 0 Å². The average molecular weight is 304 g/mol. The van der Waals surface area contributed by atoms with Crippen molar-refractivity contribution in [3.8, 4) is 0 Å². The van der Waals surface area contributed by atoms with Crippen molar-refractivity contribution in [2.24, 2.45) is 11.8 Å². The number of piperidine rings is 1. The molecule has 5 heteroatoms. The van der Waals surface area contributed by atoms with E-state index in [0.29, 0.717) is 18.4 Å². The fraction of sp³-hybridized carbons (Fsp3) is 0.706. The standard InChI is InChI=1S/C17H24N2O3/c20-15-8-9-16(21)19(15)12-13-4-6-14(7-5-13)17(22)18-10-2-1-3-11-18/h8-9,13-14H,1-7,10-12H2. The van der Waals surface area contributed by atoms with Crippen LogP contribution in [0.4, 0.5) is 0 Å². The van der Waals surface area contributed by atoms with Crippen molar-refractivity contribution < 1.29 is 14.4 Å². The second kappa shape index (κ2) is 6.63. The quantitative estimate of drug-likeness (QED) is 0.746. The fourth-order valence-electron chi connectivity index (χ4n) is 3.83. The molecule has 5 nitrogen and oxygen atoms in total. The van der Waals surface area contributed by atoms with Crippen LogP contribution in [0.1, 0.15) is 44.9 Å². The Labute approximate surface area is 131 Å². The van der Waals surface area contributed by atoms with E-state index in [1.165, 1.54) is 23.5 Å². The molecule has 3 rings (SSSR count). The Kier molecular flexibility index (Phi) is 4.60. The minimum Gasteiger partial charge on any atom is -0.342 e. The maximum Gasteiger partial charge on any atom is 0.253 e. The Morgan fingerprint density at radius 3 is 2.14 bits per heavy atom. The SMILES string of the molecule is O=C(C1CCC(CN2C(=O)C=CC2=O)CC1)N1CCCCC1. The molecule has 120 valence electrons. The molecule has 0 radical (unpaired) electrons. The van der Waals surface area contributed by atoms with E-state index in [1.54, 1.807) is 0 Å². The summed E-state index contributed by atoms with van der Waals surface area (Å²) >= 11 is 0. The monoisotopic (exact) mass is 304 g/mol. The van der Waals surface area contributed by atoms with E-state index in [9.17, 15) is 14.4 Å². The van der Waals surface area contributed by atoms with Crippen molar-refractivity contribution in [3.05, 3.63) is 12.2 Å². The van der Waals surface area contributed by atoms with E-state index >= 15 is 0 Å². The third-order valence-electron chi connectivity index (χ3n) is 5.21. The summed E-state index contributed by atoms with van der Waals surface area (Å²) in [5, 5.41) is 0. The first-order chi connectivity index (χ1) is 10.6. The third kappa shape index (κ3) is 3.23. The highest BCUT2D eigenvalue weighted by molar-refractivity contribution is 6.12. The lowest BCUT2D eigenvalue weighted by Crippen LogP contribution is -2.42. The minimum atomic E-state index is -0.198. The summed E-state index contributed by atoms with van der Waals surface area (Å²) < 4.78 is 0. The largest absolute Gasteiger partial charge is 0.342 e. The molecule has 0 spiro atoms. The van der Waals surface area contributed by atoms with Crippen LogP contribution in [-0.2, 0) is 14.4 Å². The lowest BCUT2D eigenvalue weighted by atomic mass is 9.81. The van der Waals surface area contributed by atoms with E-state index in [1.807, 2.05) is 4.90 Å². The van der Waals surface area contributed by atoms with Crippen molar-refractivity contribution in [1.29, 1.82) is 0 Å². The van der Waals surface area contributed by atoms with Crippen LogP contribution in [0.15, 0.2) is 12.2 Å².